The average Bonchev–Trinajstić information content (AvgIpc) is 2.96. The quantitative estimate of drug-likeness (QED) is 0.802. The molecule has 0 spiro atoms. The zero-order valence-electron chi connectivity index (χ0n) is 9.95. The fourth-order valence-corrected chi connectivity index (χ4v) is 2.05. The summed E-state index contributed by atoms with van der Waals surface area (Å²) in [5.74, 6) is 0.871. The number of rotatable bonds is 5. The predicted molar refractivity (Wildman–Crippen MR) is 61.5 cm³/mol. The monoisotopic (exact) mass is 207 g/mol. The maximum atomic E-state index is 4.18. The zero-order valence-corrected chi connectivity index (χ0v) is 9.95. The zero-order chi connectivity index (χ0) is 10.9. The van der Waals surface area contributed by atoms with Gasteiger partial charge in [0.15, 0.2) is 0 Å². The van der Waals surface area contributed by atoms with Gasteiger partial charge in [-0.1, -0.05) is 0 Å². The number of aryl methyl sites for hydroxylation is 1. The van der Waals surface area contributed by atoms with E-state index in [4.69, 9.17) is 0 Å². The van der Waals surface area contributed by atoms with Crippen molar-refractivity contribution in [2.24, 2.45) is 5.92 Å². The molecule has 0 unspecified atom stereocenters. The number of imidazole rings is 1. The van der Waals surface area contributed by atoms with Gasteiger partial charge in [0.1, 0.15) is 0 Å². The van der Waals surface area contributed by atoms with Crippen molar-refractivity contribution in [2.45, 2.75) is 52.2 Å². The van der Waals surface area contributed by atoms with Gasteiger partial charge in [-0.2, -0.15) is 0 Å². The molecular formula is C12H21N3. The molecule has 0 saturated heterocycles. The van der Waals surface area contributed by atoms with Gasteiger partial charge in [0.25, 0.3) is 0 Å². The highest BCUT2D eigenvalue weighted by atomic mass is 15.1. The van der Waals surface area contributed by atoms with Crippen LogP contribution in [0, 0.1) is 5.92 Å². The molecule has 1 fully saturated rings. The van der Waals surface area contributed by atoms with Crippen LogP contribution in [0.25, 0.3) is 0 Å². The number of hydrogen-bond donors (Lipinski definition) is 1. The van der Waals surface area contributed by atoms with Crippen molar-refractivity contribution >= 4 is 0 Å². The maximum Gasteiger partial charge on any atom is 0.0948 e. The Morgan fingerprint density at radius 1 is 1.53 bits per heavy atom. The van der Waals surface area contributed by atoms with Crippen LogP contribution in [0.1, 0.15) is 39.3 Å². The van der Waals surface area contributed by atoms with Crippen molar-refractivity contribution in [1.29, 1.82) is 0 Å². The first-order chi connectivity index (χ1) is 7.13. The molecule has 84 valence electrons. The fraction of sp³-hybridized carbons (Fsp3) is 0.750. The normalized spacial score (nSPS) is 17.0. The van der Waals surface area contributed by atoms with Crippen LogP contribution >= 0.6 is 0 Å². The molecule has 2 rings (SSSR count). The molecule has 0 bridgehead atoms. The van der Waals surface area contributed by atoms with Crippen LogP contribution in [0.2, 0.25) is 0 Å². The van der Waals surface area contributed by atoms with Gasteiger partial charge in [-0.05, 0) is 39.5 Å². The number of nitrogens with one attached hydrogen (secondary N) is 1. The van der Waals surface area contributed by atoms with Crippen molar-refractivity contribution in [2.75, 3.05) is 0 Å². The summed E-state index contributed by atoms with van der Waals surface area (Å²) in [5.41, 5.74) is 1.56. The van der Waals surface area contributed by atoms with Gasteiger partial charge in [0.2, 0.25) is 0 Å². The van der Waals surface area contributed by atoms with Gasteiger partial charge < -0.3 is 9.88 Å². The van der Waals surface area contributed by atoms with E-state index < -0.39 is 0 Å². The Kier molecular flexibility index (Phi) is 2.83. The summed E-state index contributed by atoms with van der Waals surface area (Å²) < 4.78 is 2.19. The Bertz CT molecular complexity index is 323. The van der Waals surface area contributed by atoms with Crippen LogP contribution in [-0.4, -0.2) is 15.1 Å². The van der Waals surface area contributed by atoms with Crippen LogP contribution in [0.4, 0.5) is 0 Å². The van der Waals surface area contributed by atoms with Crippen molar-refractivity contribution in [3.05, 3.63) is 18.2 Å². The van der Waals surface area contributed by atoms with E-state index in [0.29, 0.717) is 0 Å². The molecule has 3 nitrogen and oxygen atoms in total. The Morgan fingerprint density at radius 2 is 2.27 bits per heavy atom. The lowest BCUT2D eigenvalue weighted by Gasteiger charge is -2.26. The first-order valence-corrected chi connectivity index (χ1v) is 5.87. The van der Waals surface area contributed by atoms with Crippen molar-refractivity contribution in [3.8, 4) is 0 Å². The van der Waals surface area contributed by atoms with E-state index in [-0.39, 0.29) is 5.54 Å². The summed E-state index contributed by atoms with van der Waals surface area (Å²) in [7, 11) is 0. The molecular weight excluding hydrogens is 186 g/mol. The lowest BCUT2D eigenvalue weighted by Crippen LogP contribution is -2.41. The van der Waals surface area contributed by atoms with E-state index in [2.05, 4.69) is 35.6 Å². The molecule has 1 aliphatic carbocycles. The summed E-state index contributed by atoms with van der Waals surface area (Å²) in [6.07, 6.45) is 6.63. The van der Waals surface area contributed by atoms with Crippen LogP contribution in [0.3, 0.4) is 0 Å². The molecule has 1 heterocycles. The lowest BCUT2D eigenvalue weighted by molar-refractivity contribution is 0.335. The summed E-state index contributed by atoms with van der Waals surface area (Å²) in [6, 6.07) is 0. The molecule has 0 atom stereocenters. The van der Waals surface area contributed by atoms with E-state index in [1.807, 2.05) is 12.5 Å². The molecule has 15 heavy (non-hydrogen) atoms. The van der Waals surface area contributed by atoms with Crippen molar-refractivity contribution < 1.29 is 0 Å². The topological polar surface area (TPSA) is 29.9 Å². The first kappa shape index (κ1) is 10.7. The number of aromatic nitrogens is 2. The van der Waals surface area contributed by atoms with E-state index in [0.717, 1.165) is 19.0 Å². The summed E-state index contributed by atoms with van der Waals surface area (Å²) in [5, 5.41) is 3.64. The molecule has 1 saturated carbocycles. The first-order valence-electron chi connectivity index (χ1n) is 5.87. The van der Waals surface area contributed by atoms with Gasteiger partial charge >= 0.3 is 0 Å². The second-order valence-electron chi connectivity index (χ2n) is 5.02. The van der Waals surface area contributed by atoms with Gasteiger partial charge in [-0.25, -0.2) is 4.98 Å². The van der Waals surface area contributed by atoms with Gasteiger partial charge in [-0.15, -0.1) is 0 Å². The lowest BCUT2D eigenvalue weighted by atomic mass is 9.99. The average molecular weight is 207 g/mol. The second kappa shape index (κ2) is 3.97. The molecule has 1 aromatic heterocycles. The van der Waals surface area contributed by atoms with E-state index in [1.165, 1.54) is 18.5 Å². The van der Waals surface area contributed by atoms with Crippen molar-refractivity contribution in [3.63, 3.8) is 0 Å². The third-order valence-electron chi connectivity index (χ3n) is 3.46. The molecule has 1 aromatic rings. The minimum absolute atomic E-state index is 0.281. The molecule has 3 heteroatoms. The van der Waals surface area contributed by atoms with Gasteiger partial charge in [0.05, 0.1) is 12.0 Å². The largest absolute Gasteiger partial charge is 0.334 e. The van der Waals surface area contributed by atoms with Gasteiger partial charge in [-0.3, -0.25) is 0 Å². The third kappa shape index (κ3) is 2.40. The summed E-state index contributed by atoms with van der Waals surface area (Å²) >= 11 is 0. The summed E-state index contributed by atoms with van der Waals surface area (Å²) in [4.78, 5) is 4.18. The minimum Gasteiger partial charge on any atom is -0.334 e. The van der Waals surface area contributed by atoms with Crippen molar-refractivity contribution in [1.82, 2.24) is 14.9 Å². The highest BCUT2D eigenvalue weighted by Crippen LogP contribution is 2.39. The summed E-state index contributed by atoms with van der Waals surface area (Å²) in [6.45, 7) is 8.68. The van der Waals surface area contributed by atoms with Crippen LogP contribution in [0.5, 0.6) is 0 Å². The Labute approximate surface area is 91.9 Å². The van der Waals surface area contributed by atoms with Crippen LogP contribution < -0.4 is 5.32 Å². The Balaban J connectivity index is 1.92. The Morgan fingerprint density at radius 3 is 2.87 bits per heavy atom. The molecule has 1 aliphatic rings. The molecule has 0 aliphatic heterocycles. The van der Waals surface area contributed by atoms with Crippen LogP contribution in [0.15, 0.2) is 12.5 Å². The predicted octanol–water partition coefficient (Wildman–Crippen LogP) is 2.18. The minimum atomic E-state index is 0.281. The van der Waals surface area contributed by atoms with Crippen LogP contribution in [-0.2, 0) is 13.1 Å². The van der Waals surface area contributed by atoms with Gasteiger partial charge in [0, 0.05) is 24.8 Å². The number of hydrogen-bond acceptors (Lipinski definition) is 2. The molecule has 0 aromatic carbocycles. The SMILES string of the molecule is CCn1cncc1CNC(C)(C)C1CC1. The molecule has 1 N–H and O–H groups in total. The third-order valence-corrected chi connectivity index (χ3v) is 3.46. The Hall–Kier alpha value is -0.830. The highest BCUT2D eigenvalue weighted by molar-refractivity contribution is 5.01. The smallest absolute Gasteiger partial charge is 0.0948 e. The fourth-order valence-electron chi connectivity index (χ4n) is 2.05. The highest BCUT2D eigenvalue weighted by Gasteiger charge is 2.37. The maximum absolute atomic E-state index is 4.18. The standard InChI is InChI=1S/C12H21N3/c1-4-15-9-13-7-11(15)8-14-12(2,3)10-5-6-10/h7,9-10,14H,4-6,8H2,1-3H3. The number of nitrogens with zero attached hydrogens (tertiary/aromatic N) is 2. The second-order valence-corrected chi connectivity index (χ2v) is 5.02. The van der Waals surface area contributed by atoms with E-state index in [9.17, 15) is 0 Å². The van der Waals surface area contributed by atoms with E-state index >= 15 is 0 Å². The van der Waals surface area contributed by atoms with E-state index in [1.54, 1.807) is 0 Å². The molecule has 0 radical (unpaired) electrons. The molecule has 0 amide bonds.